The summed E-state index contributed by atoms with van der Waals surface area (Å²) in [4.78, 5) is 5.51. The second-order valence-electron chi connectivity index (χ2n) is 8.29. The lowest BCUT2D eigenvalue weighted by molar-refractivity contribution is -0.0597. The van der Waals surface area contributed by atoms with Crippen LogP contribution in [0.5, 0.6) is 11.5 Å². The quantitative estimate of drug-likeness (QED) is 0.273. The Morgan fingerprint density at radius 1 is 1.06 bits per heavy atom. The molecule has 1 aromatic rings. The highest BCUT2D eigenvalue weighted by Crippen LogP contribution is 2.39. The van der Waals surface area contributed by atoms with Crippen molar-refractivity contribution >= 4 is 46.4 Å². The lowest BCUT2D eigenvalue weighted by Gasteiger charge is -2.29. The summed E-state index contributed by atoms with van der Waals surface area (Å²) in [5, 5.41) is 0.788. The first-order valence-electron chi connectivity index (χ1n) is 10.1. The van der Waals surface area contributed by atoms with Gasteiger partial charge in [-0.25, -0.2) is 0 Å². The van der Waals surface area contributed by atoms with Crippen molar-refractivity contribution in [1.29, 1.82) is 0 Å². The van der Waals surface area contributed by atoms with Gasteiger partial charge in [-0.3, -0.25) is 10.3 Å². The highest BCUT2D eigenvalue weighted by atomic mass is 35.5. The fourth-order valence-electron chi connectivity index (χ4n) is 2.84. The minimum absolute atomic E-state index is 0.0204. The average molecular weight is 513 g/mol. The second-order valence-corrected chi connectivity index (χ2v) is 10.1. The Hall–Kier alpha value is -0.980. The van der Waals surface area contributed by atoms with E-state index in [4.69, 9.17) is 65.5 Å². The zero-order valence-corrected chi connectivity index (χ0v) is 21.2. The van der Waals surface area contributed by atoms with E-state index in [1.807, 2.05) is 27.7 Å². The molecule has 9 heteroatoms. The highest BCUT2D eigenvalue weighted by Gasteiger charge is 2.25. The Morgan fingerprint density at radius 3 is 2.19 bits per heavy atom. The summed E-state index contributed by atoms with van der Waals surface area (Å²) in [5.74, 6) is 0.974. The molecule has 0 radical (unpaired) electrons. The monoisotopic (exact) mass is 511 g/mol. The van der Waals surface area contributed by atoms with Crippen LogP contribution in [0.25, 0.3) is 0 Å². The van der Waals surface area contributed by atoms with Crippen LogP contribution in [0.15, 0.2) is 34.7 Å². The number of hydrogen-bond donors (Lipinski definition) is 1. The van der Waals surface area contributed by atoms with Gasteiger partial charge in [-0.15, -0.1) is 0 Å². The van der Waals surface area contributed by atoms with Crippen LogP contribution in [-0.4, -0.2) is 24.4 Å². The number of benzene rings is 1. The van der Waals surface area contributed by atoms with E-state index in [2.05, 4.69) is 5.48 Å². The van der Waals surface area contributed by atoms with Gasteiger partial charge >= 0.3 is 0 Å². The fourth-order valence-corrected chi connectivity index (χ4v) is 3.52. The first-order valence-corrected chi connectivity index (χ1v) is 11.6. The fraction of sp³-hybridized carbons (Fsp3) is 0.545. The molecule has 31 heavy (non-hydrogen) atoms. The van der Waals surface area contributed by atoms with Gasteiger partial charge in [0, 0.05) is 12.1 Å². The summed E-state index contributed by atoms with van der Waals surface area (Å²) in [6.45, 7) is 8.04. The van der Waals surface area contributed by atoms with E-state index in [0.29, 0.717) is 21.5 Å². The van der Waals surface area contributed by atoms with E-state index < -0.39 is 0 Å². The van der Waals surface area contributed by atoms with E-state index in [-0.39, 0.29) is 28.9 Å². The van der Waals surface area contributed by atoms with Crippen LogP contribution in [0.4, 0.5) is 0 Å². The van der Waals surface area contributed by atoms with Gasteiger partial charge in [0.2, 0.25) is 0 Å². The minimum atomic E-state index is -0.271. The molecule has 0 bridgehead atoms. The van der Waals surface area contributed by atoms with Gasteiger partial charge < -0.3 is 14.2 Å². The Balaban J connectivity index is 1.82. The highest BCUT2D eigenvalue weighted by molar-refractivity contribution is 6.55. The maximum atomic E-state index is 6.36. The smallest absolute Gasteiger partial charge is 0.157 e. The van der Waals surface area contributed by atoms with E-state index in [1.165, 1.54) is 6.08 Å². The SMILES string of the molecule is CC(=COC1CCC(Oc2c(Cl)cc(OCC=C(Cl)Cl)cc2Cl)CC1)NOC(C)(C)C. The summed E-state index contributed by atoms with van der Waals surface area (Å²) >= 11 is 23.9. The summed E-state index contributed by atoms with van der Waals surface area (Å²) in [7, 11) is 0. The van der Waals surface area contributed by atoms with E-state index in [0.717, 1.165) is 31.4 Å². The van der Waals surface area contributed by atoms with Crippen molar-refractivity contribution < 1.29 is 19.0 Å². The van der Waals surface area contributed by atoms with Gasteiger partial charge in [-0.1, -0.05) is 46.4 Å². The molecule has 1 aliphatic carbocycles. The molecule has 0 aromatic heterocycles. The third-order valence-electron chi connectivity index (χ3n) is 4.32. The maximum Gasteiger partial charge on any atom is 0.157 e. The van der Waals surface area contributed by atoms with Crippen molar-refractivity contribution in [1.82, 2.24) is 5.48 Å². The van der Waals surface area contributed by atoms with E-state index in [9.17, 15) is 0 Å². The minimum Gasteiger partial charge on any atom is -0.496 e. The maximum absolute atomic E-state index is 6.36. The molecule has 1 saturated carbocycles. The normalized spacial score (nSPS) is 19.5. The predicted octanol–water partition coefficient (Wildman–Crippen LogP) is 7.58. The Bertz CT molecular complexity index is 757. The first kappa shape index (κ1) is 26.3. The first-order chi connectivity index (χ1) is 14.5. The van der Waals surface area contributed by atoms with Gasteiger partial charge in [0.1, 0.15) is 23.1 Å². The zero-order chi connectivity index (χ0) is 23.0. The molecule has 0 amide bonds. The Kier molecular flexibility index (Phi) is 10.4. The molecule has 0 atom stereocenters. The standard InChI is InChI=1S/C22H29Cl4NO4/c1-14(27-31-22(2,3)4)13-29-15-5-7-16(8-6-15)30-21-18(23)11-17(12-19(21)24)28-10-9-20(25)26/h9,11-13,15-16,27H,5-8,10H2,1-4H3. The molecule has 0 spiro atoms. The third kappa shape index (κ3) is 10.0. The van der Waals surface area contributed by atoms with Crippen molar-refractivity contribution in [2.24, 2.45) is 0 Å². The number of ether oxygens (including phenoxy) is 3. The van der Waals surface area contributed by atoms with E-state index in [1.54, 1.807) is 18.4 Å². The average Bonchev–Trinajstić information content (AvgIpc) is 2.67. The van der Waals surface area contributed by atoms with Crippen LogP contribution in [-0.2, 0) is 9.57 Å². The topological polar surface area (TPSA) is 49.0 Å². The van der Waals surface area contributed by atoms with Crippen LogP contribution in [0, 0.1) is 0 Å². The van der Waals surface area contributed by atoms with Crippen molar-refractivity contribution in [3.05, 3.63) is 44.7 Å². The number of rotatable bonds is 9. The molecular formula is C22H29Cl4NO4. The molecule has 1 aliphatic rings. The molecule has 0 heterocycles. The van der Waals surface area contributed by atoms with Crippen LogP contribution < -0.4 is 15.0 Å². The van der Waals surface area contributed by atoms with Gasteiger partial charge in [0.15, 0.2) is 5.75 Å². The van der Waals surface area contributed by atoms with Crippen molar-refractivity contribution in [2.75, 3.05) is 6.61 Å². The lowest BCUT2D eigenvalue weighted by atomic mass is 9.95. The van der Waals surface area contributed by atoms with Crippen LogP contribution >= 0.6 is 46.4 Å². The zero-order valence-electron chi connectivity index (χ0n) is 18.1. The summed E-state index contributed by atoms with van der Waals surface area (Å²) < 4.78 is 17.6. The van der Waals surface area contributed by atoms with Crippen molar-refractivity contribution in [3.63, 3.8) is 0 Å². The van der Waals surface area contributed by atoms with Crippen LogP contribution in [0.1, 0.15) is 53.4 Å². The Labute approximate surface area is 204 Å². The molecule has 2 rings (SSSR count). The largest absolute Gasteiger partial charge is 0.496 e. The van der Waals surface area contributed by atoms with Crippen molar-refractivity contribution in [2.45, 2.75) is 71.2 Å². The number of nitrogens with one attached hydrogen (secondary N) is 1. The molecule has 1 N–H and O–H groups in total. The van der Waals surface area contributed by atoms with Gasteiger partial charge in [0.25, 0.3) is 0 Å². The molecule has 5 nitrogen and oxygen atoms in total. The summed E-state index contributed by atoms with van der Waals surface area (Å²) in [5.41, 5.74) is 3.44. The second kappa shape index (κ2) is 12.3. The molecule has 0 aliphatic heterocycles. The van der Waals surface area contributed by atoms with E-state index >= 15 is 0 Å². The van der Waals surface area contributed by atoms with Gasteiger partial charge in [-0.05, 0) is 59.5 Å². The van der Waals surface area contributed by atoms with Crippen molar-refractivity contribution in [3.8, 4) is 11.5 Å². The van der Waals surface area contributed by atoms with Crippen LogP contribution in [0.3, 0.4) is 0 Å². The van der Waals surface area contributed by atoms with Gasteiger partial charge in [0.05, 0.1) is 33.6 Å². The van der Waals surface area contributed by atoms with Gasteiger partial charge in [-0.2, -0.15) is 0 Å². The molecule has 1 fully saturated rings. The number of hydroxylamine groups is 1. The molecule has 1 aromatic carbocycles. The number of halogens is 4. The summed E-state index contributed by atoms with van der Waals surface area (Å²) in [6.07, 6.45) is 6.81. The molecule has 174 valence electrons. The molecular weight excluding hydrogens is 484 g/mol. The third-order valence-corrected chi connectivity index (χ3v) is 5.19. The number of hydrogen-bond acceptors (Lipinski definition) is 5. The Morgan fingerprint density at radius 2 is 1.65 bits per heavy atom. The molecule has 0 saturated heterocycles. The number of allylic oxidation sites excluding steroid dienone is 1. The van der Waals surface area contributed by atoms with Crippen LogP contribution in [0.2, 0.25) is 10.0 Å². The summed E-state index contributed by atoms with van der Waals surface area (Å²) in [6, 6.07) is 3.32. The lowest BCUT2D eigenvalue weighted by Crippen LogP contribution is -2.29. The molecule has 0 unspecified atom stereocenters. The predicted molar refractivity (Wildman–Crippen MR) is 127 cm³/mol.